The van der Waals surface area contributed by atoms with Gasteiger partial charge in [-0.2, -0.15) is 0 Å². The lowest BCUT2D eigenvalue weighted by molar-refractivity contribution is 0.106. The summed E-state index contributed by atoms with van der Waals surface area (Å²) in [6.45, 7) is 2.99. The fourth-order valence-corrected chi connectivity index (χ4v) is 4.31. The van der Waals surface area contributed by atoms with E-state index in [1.807, 2.05) is 4.90 Å². The van der Waals surface area contributed by atoms with E-state index in [1.54, 1.807) is 18.4 Å². The molecular formula is C19H29N3O3. The largest absolute Gasteiger partial charge is 0.467 e. The zero-order valence-corrected chi connectivity index (χ0v) is 14.8. The molecule has 3 fully saturated rings. The first-order valence-electron chi connectivity index (χ1n) is 9.73. The van der Waals surface area contributed by atoms with Crippen LogP contribution in [0.3, 0.4) is 0 Å². The van der Waals surface area contributed by atoms with Crippen molar-refractivity contribution in [2.24, 2.45) is 0 Å². The molecule has 2 saturated heterocycles. The highest BCUT2D eigenvalue weighted by molar-refractivity contribution is 5.75. The summed E-state index contributed by atoms with van der Waals surface area (Å²) in [5.74, 6) is 0.583. The van der Waals surface area contributed by atoms with Crippen molar-refractivity contribution in [3.8, 4) is 0 Å². The molecule has 1 saturated carbocycles. The third-order valence-corrected chi connectivity index (χ3v) is 5.93. The van der Waals surface area contributed by atoms with E-state index < -0.39 is 6.10 Å². The fourth-order valence-electron chi connectivity index (χ4n) is 4.31. The van der Waals surface area contributed by atoms with E-state index in [-0.39, 0.29) is 12.1 Å². The Kier molecular flexibility index (Phi) is 4.99. The Labute approximate surface area is 149 Å². The Morgan fingerprint density at radius 2 is 2.04 bits per heavy atom. The Balaban J connectivity index is 1.27. The Bertz CT molecular complexity index is 564. The number of nitrogens with zero attached hydrogens (tertiary/aromatic N) is 2. The quantitative estimate of drug-likeness (QED) is 0.859. The van der Waals surface area contributed by atoms with Crippen molar-refractivity contribution in [2.75, 3.05) is 19.6 Å². The molecule has 0 aromatic carbocycles. The van der Waals surface area contributed by atoms with E-state index in [1.165, 1.54) is 12.8 Å². The van der Waals surface area contributed by atoms with Crippen LogP contribution in [0.1, 0.15) is 56.8 Å². The predicted molar refractivity (Wildman–Crippen MR) is 94.2 cm³/mol. The number of furan rings is 1. The molecular weight excluding hydrogens is 318 g/mol. The number of amides is 2. The Morgan fingerprint density at radius 3 is 2.72 bits per heavy atom. The van der Waals surface area contributed by atoms with Crippen molar-refractivity contribution < 1.29 is 14.3 Å². The van der Waals surface area contributed by atoms with Gasteiger partial charge in [-0.1, -0.05) is 0 Å². The van der Waals surface area contributed by atoms with Gasteiger partial charge in [0.2, 0.25) is 0 Å². The number of hydrogen-bond donors (Lipinski definition) is 2. The van der Waals surface area contributed by atoms with Crippen LogP contribution in [0.5, 0.6) is 0 Å². The summed E-state index contributed by atoms with van der Waals surface area (Å²) in [5.41, 5.74) is 0. The molecule has 1 aliphatic carbocycles. The second-order valence-corrected chi connectivity index (χ2v) is 7.75. The van der Waals surface area contributed by atoms with Gasteiger partial charge in [0.1, 0.15) is 11.9 Å². The molecule has 0 bridgehead atoms. The summed E-state index contributed by atoms with van der Waals surface area (Å²) in [7, 11) is 0. The number of rotatable bonds is 5. The summed E-state index contributed by atoms with van der Waals surface area (Å²) >= 11 is 0. The first-order chi connectivity index (χ1) is 12.2. The monoisotopic (exact) mass is 347 g/mol. The molecule has 25 heavy (non-hydrogen) atoms. The summed E-state index contributed by atoms with van der Waals surface area (Å²) in [4.78, 5) is 17.2. The van der Waals surface area contributed by atoms with E-state index >= 15 is 0 Å². The van der Waals surface area contributed by atoms with Gasteiger partial charge >= 0.3 is 6.03 Å². The minimum Gasteiger partial charge on any atom is -0.467 e. The van der Waals surface area contributed by atoms with Gasteiger partial charge in [-0.25, -0.2) is 4.79 Å². The number of piperidine rings is 1. The number of nitrogens with one attached hydrogen (secondary N) is 1. The molecule has 1 aromatic heterocycles. The van der Waals surface area contributed by atoms with Crippen LogP contribution in [0.15, 0.2) is 22.8 Å². The van der Waals surface area contributed by atoms with Crippen LogP contribution >= 0.6 is 0 Å². The van der Waals surface area contributed by atoms with Crippen LogP contribution in [0, 0.1) is 0 Å². The van der Waals surface area contributed by atoms with Crippen molar-refractivity contribution >= 4 is 6.03 Å². The maximum atomic E-state index is 12.7. The highest BCUT2D eigenvalue weighted by Gasteiger charge is 2.35. The van der Waals surface area contributed by atoms with E-state index in [0.717, 1.165) is 51.4 Å². The number of aliphatic hydroxyl groups excluding tert-OH is 1. The summed E-state index contributed by atoms with van der Waals surface area (Å²) in [6, 6.07) is 4.82. The molecule has 2 atom stereocenters. The molecule has 2 aliphatic heterocycles. The number of carbonyl (C=O) groups is 1. The maximum absolute atomic E-state index is 12.7. The van der Waals surface area contributed by atoms with E-state index in [4.69, 9.17) is 4.42 Å². The lowest BCUT2D eigenvalue weighted by atomic mass is 10.0. The molecule has 2 unspecified atom stereocenters. The average Bonchev–Trinajstić information content (AvgIpc) is 3.12. The van der Waals surface area contributed by atoms with Gasteiger partial charge in [-0.15, -0.1) is 0 Å². The van der Waals surface area contributed by atoms with Crippen molar-refractivity contribution in [1.82, 2.24) is 15.1 Å². The number of urea groups is 1. The van der Waals surface area contributed by atoms with Crippen LogP contribution in [0.2, 0.25) is 0 Å². The summed E-state index contributed by atoms with van der Waals surface area (Å²) < 4.78 is 5.28. The molecule has 6 heteroatoms. The first-order valence-corrected chi connectivity index (χ1v) is 9.73. The van der Waals surface area contributed by atoms with Gasteiger partial charge < -0.3 is 24.6 Å². The SMILES string of the molecule is O=C(NC1CCN(C2CC2)CC1)N1CCCC1CC(O)c1ccco1. The normalized spacial score (nSPS) is 26.8. The molecule has 3 aliphatic rings. The van der Waals surface area contributed by atoms with Gasteiger partial charge in [-0.3, -0.25) is 0 Å². The molecule has 4 rings (SSSR count). The third-order valence-electron chi connectivity index (χ3n) is 5.93. The van der Waals surface area contributed by atoms with Crippen molar-refractivity contribution in [3.63, 3.8) is 0 Å². The number of aliphatic hydroxyl groups is 1. The lowest BCUT2D eigenvalue weighted by Gasteiger charge is -2.34. The molecule has 6 nitrogen and oxygen atoms in total. The van der Waals surface area contributed by atoms with Crippen LogP contribution in [0.4, 0.5) is 4.79 Å². The zero-order valence-electron chi connectivity index (χ0n) is 14.8. The molecule has 1 aromatic rings. The Hall–Kier alpha value is -1.53. The van der Waals surface area contributed by atoms with Crippen molar-refractivity contribution in [3.05, 3.63) is 24.2 Å². The summed E-state index contributed by atoms with van der Waals surface area (Å²) in [5, 5.41) is 13.6. The number of hydrogen-bond acceptors (Lipinski definition) is 4. The van der Waals surface area contributed by atoms with Gasteiger partial charge in [-0.05, 0) is 50.7 Å². The summed E-state index contributed by atoms with van der Waals surface area (Å²) in [6.07, 6.45) is 8.23. The minimum absolute atomic E-state index is 0.0408. The van der Waals surface area contributed by atoms with Crippen LogP contribution < -0.4 is 5.32 Å². The number of carbonyl (C=O) groups excluding carboxylic acids is 1. The highest BCUT2D eigenvalue weighted by Crippen LogP contribution is 2.30. The minimum atomic E-state index is -0.643. The van der Waals surface area contributed by atoms with Gasteiger partial charge in [0.05, 0.1) is 6.26 Å². The van der Waals surface area contributed by atoms with Gasteiger partial charge in [0.15, 0.2) is 0 Å². The second-order valence-electron chi connectivity index (χ2n) is 7.75. The van der Waals surface area contributed by atoms with Crippen LogP contribution in [-0.2, 0) is 0 Å². The standard InChI is InChI=1S/C19H29N3O3/c23-17(18-4-2-12-25-18)13-16-3-1-9-22(16)19(24)20-14-7-10-21(11-8-14)15-5-6-15/h2,4,12,14-17,23H,1,3,5-11,13H2,(H,20,24). The average molecular weight is 347 g/mol. The molecule has 0 radical (unpaired) electrons. The van der Waals surface area contributed by atoms with Crippen LogP contribution in [-0.4, -0.2) is 58.7 Å². The smallest absolute Gasteiger partial charge is 0.317 e. The van der Waals surface area contributed by atoms with E-state index in [9.17, 15) is 9.90 Å². The molecule has 138 valence electrons. The Morgan fingerprint density at radius 1 is 1.24 bits per heavy atom. The fraction of sp³-hybridized carbons (Fsp3) is 0.737. The molecule has 0 spiro atoms. The van der Waals surface area contributed by atoms with Crippen molar-refractivity contribution in [2.45, 2.75) is 69.2 Å². The zero-order chi connectivity index (χ0) is 17.2. The number of likely N-dealkylation sites (tertiary alicyclic amines) is 2. The van der Waals surface area contributed by atoms with Gasteiger partial charge in [0, 0.05) is 44.2 Å². The molecule has 2 N–H and O–H groups in total. The van der Waals surface area contributed by atoms with E-state index in [0.29, 0.717) is 18.2 Å². The lowest BCUT2D eigenvalue weighted by Crippen LogP contribution is -2.50. The van der Waals surface area contributed by atoms with Crippen LogP contribution in [0.25, 0.3) is 0 Å². The second kappa shape index (κ2) is 7.38. The first kappa shape index (κ1) is 16.9. The third kappa shape index (κ3) is 4.01. The topological polar surface area (TPSA) is 69.0 Å². The predicted octanol–water partition coefficient (Wildman–Crippen LogP) is 2.50. The van der Waals surface area contributed by atoms with Crippen molar-refractivity contribution in [1.29, 1.82) is 0 Å². The maximum Gasteiger partial charge on any atom is 0.317 e. The van der Waals surface area contributed by atoms with Gasteiger partial charge in [0.25, 0.3) is 0 Å². The molecule has 2 amide bonds. The van der Waals surface area contributed by atoms with E-state index in [2.05, 4.69) is 10.2 Å². The highest BCUT2D eigenvalue weighted by atomic mass is 16.4. The molecule has 3 heterocycles.